The van der Waals surface area contributed by atoms with Crippen molar-refractivity contribution in [2.45, 2.75) is 20.3 Å². The maximum atomic E-state index is 5.71. The second kappa shape index (κ2) is 8.18. The van der Waals surface area contributed by atoms with E-state index in [-0.39, 0.29) is 0 Å². The van der Waals surface area contributed by atoms with Crippen LogP contribution >= 0.6 is 0 Å². The van der Waals surface area contributed by atoms with Gasteiger partial charge >= 0.3 is 0 Å². The van der Waals surface area contributed by atoms with E-state index >= 15 is 0 Å². The molecule has 3 nitrogen and oxygen atoms in total. The summed E-state index contributed by atoms with van der Waals surface area (Å²) in [6.45, 7) is 9.12. The number of rotatable bonds is 8. The van der Waals surface area contributed by atoms with Gasteiger partial charge in [0.25, 0.3) is 0 Å². The number of hydrogen-bond acceptors (Lipinski definition) is 3. The highest BCUT2D eigenvalue weighted by Crippen LogP contribution is 2.08. The topological polar surface area (TPSA) is 32.5 Å². The molecule has 2 N–H and O–H groups in total. The van der Waals surface area contributed by atoms with Crippen molar-refractivity contribution in [1.82, 2.24) is 9.80 Å². The van der Waals surface area contributed by atoms with Crippen molar-refractivity contribution in [2.24, 2.45) is 5.92 Å². The Kier molecular flexibility index (Phi) is 6.89. The molecule has 1 aromatic carbocycles. The average Bonchev–Trinajstić information content (AvgIpc) is 2.34. The molecule has 1 rings (SSSR count). The molecule has 19 heavy (non-hydrogen) atoms. The third kappa shape index (κ3) is 7.19. The van der Waals surface area contributed by atoms with Gasteiger partial charge in [-0.05, 0) is 44.1 Å². The van der Waals surface area contributed by atoms with Crippen LogP contribution in [0.3, 0.4) is 0 Å². The summed E-state index contributed by atoms with van der Waals surface area (Å²) in [7, 11) is 4.26. The van der Waals surface area contributed by atoms with Gasteiger partial charge in [0.2, 0.25) is 0 Å². The second-order valence-corrected chi connectivity index (χ2v) is 5.99. The first kappa shape index (κ1) is 16.0. The van der Waals surface area contributed by atoms with Gasteiger partial charge < -0.3 is 15.5 Å². The maximum Gasteiger partial charge on any atom is 0.0314 e. The van der Waals surface area contributed by atoms with Crippen LogP contribution in [0.1, 0.15) is 19.4 Å². The van der Waals surface area contributed by atoms with Crippen LogP contribution in [0.25, 0.3) is 0 Å². The predicted molar refractivity (Wildman–Crippen MR) is 84.4 cm³/mol. The molecule has 0 spiro atoms. The van der Waals surface area contributed by atoms with Crippen LogP contribution in [0.15, 0.2) is 24.3 Å². The van der Waals surface area contributed by atoms with E-state index in [1.807, 2.05) is 12.1 Å². The Morgan fingerprint density at radius 3 is 2.16 bits per heavy atom. The molecular weight excluding hydrogens is 234 g/mol. The van der Waals surface area contributed by atoms with E-state index in [1.54, 1.807) is 0 Å². The van der Waals surface area contributed by atoms with Gasteiger partial charge in [0, 0.05) is 31.9 Å². The Hall–Kier alpha value is -1.06. The van der Waals surface area contributed by atoms with Gasteiger partial charge in [0.1, 0.15) is 0 Å². The minimum absolute atomic E-state index is 0.716. The molecule has 0 aromatic heterocycles. The maximum absolute atomic E-state index is 5.71. The standard InChI is InChI=1S/C16H29N3/c1-14(2)13-19(12-11-18(3)4)10-9-15-5-7-16(17)8-6-15/h5-8,14H,9-13,17H2,1-4H3. The number of anilines is 1. The van der Waals surface area contributed by atoms with Gasteiger partial charge in [0.05, 0.1) is 0 Å². The van der Waals surface area contributed by atoms with E-state index in [0.29, 0.717) is 5.92 Å². The van der Waals surface area contributed by atoms with Gasteiger partial charge in [-0.3, -0.25) is 0 Å². The van der Waals surface area contributed by atoms with Crippen LogP contribution < -0.4 is 5.73 Å². The third-order valence-electron chi connectivity index (χ3n) is 3.18. The van der Waals surface area contributed by atoms with E-state index in [4.69, 9.17) is 5.73 Å². The highest BCUT2D eigenvalue weighted by molar-refractivity contribution is 5.39. The fourth-order valence-electron chi connectivity index (χ4n) is 2.12. The number of benzene rings is 1. The molecule has 0 saturated heterocycles. The predicted octanol–water partition coefficient (Wildman–Crippen LogP) is 2.33. The number of nitrogen functional groups attached to an aromatic ring is 1. The minimum atomic E-state index is 0.716. The first-order valence-electron chi connectivity index (χ1n) is 7.19. The van der Waals surface area contributed by atoms with Crippen molar-refractivity contribution in [2.75, 3.05) is 46.0 Å². The van der Waals surface area contributed by atoms with Crippen LogP contribution in [0.5, 0.6) is 0 Å². The molecule has 0 aliphatic heterocycles. The Balaban J connectivity index is 2.44. The molecule has 0 radical (unpaired) electrons. The normalized spacial score (nSPS) is 11.7. The second-order valence-electron chi connectivity index (χ2n) is 5.99. The molecule has 0 aliphatic rings. The highest BCUT2D eigenvalue weighted by atomic mass is 15.2. The lowest BCUT2D eigenvalue weighted by atomic mass is 10.1. The molecule has 0 heterocycles. The van der Waals surface area contributed by atoms with Crippen LogP contribution in [0, 0.1) is 5.92 Å². The van der Waals surface area contributed by atoms with Gasteiger partial charge in [0.15, 0.2) is 0 Å². The number of likely N-dealkylation sites (N-methyl/N-ethyl adjacent to an activating group) is 1. The Labute approximate surface area is 118 Å². The molecule has 0 atom stereocenters. The summed E-state index contributed by atoms with van der Waals surface area (Å²) in [6.07, 6.45) is 1.10. The molecule has 0 aliphatic carbocycles. The summed E-state index contributed by atoms with van der Waals surface area (Å²) >= 11 is 0. The van der Waals surface area contributed by atoms with Crippen LogP contribution in [0.4, 0.5) is 5.69 Å². The SMILES string of the molecule is CC(C)CN(CCc1ccc(N)cc1)CCN(C)C. The number of hydrogen-bond donors (Lipinski definition) is 1. The van der Waals surface area contributed by atoms with E-state index in [2.05, 4.69) is 49.9 Å². The monoisotopic (exact) mass is 263 g/mol. The third-order valence-corrected chi connectivity index (χ3v) is 3.18. The summed E-state index contributed by atoms with van der Waals surface area (Å²) in [4.78, 5) is 4.80. The molecule has 108 valence electrons. The van der Waals surface area contributed by atoms with Crippen LogP contribution in [-0.2, 0) is 6.42 Å². The van der Waals surface area contributed by atoms with Crippen molar-refractivity contribution in [3.8, 4) is 0 Å². The van der Waals surface area contributed by atoms with E-state index in [0.717, 1.165) is 31.7 Å². The molecule has 0 fully saturated rings. The van der Waals surface area contributed by atoms with Crippen LogP contribution in [0.2, 0.25) is 0 Å². The van der Waals surface area contributed by atoms with E-state index in [9.17, 15) is 0 Å². The number of nitrogens with zero attached hydrogens (tertiary/aromatic N) is 2. The van der Waals surface area contributed by atoms with Crippen LogP contribution in [-0.4, -0.2) is 50.1 Å². The van der Waals surface area contributed by atoms with E-state index < -0.39 is 0 Å². The summed E-state index contributed by atoms with van der Waals surface area (Å²) in [5.74, 6) is 0.716. The van der Waals surface area contributed by atoms with Gasteiger partial charge in [-0.2, -0.15) is 0 Å². The molecular formula is C16H29N3. The zero-order valence-electron chi connectivity index (χ0n) is 12.9. The average molecular weight is 263 g/mol. The summed E-state index contributed by atoms with van der Waals surface area (Å²) in [5.41, 5.74) is 7.92. The molecule has 0 saturated carbocycles. The Morgan fingerprint density at radius 1 is 1.00 bits per heavy atom. The summed E-state index contributed by atoms with van der Waals surface area (Å²) in [6, 6.07) is 8.24. The van der Waals surface area contributed by atoms with E-state index in [1.165, 1.54) is 12.1 Å². The zero-order chi connectivity index (χ0) is 14.3. The fourth-order valence-corrected chi connectivity index (χ4v) is 2.12. The van der Waals surface area contributed by atoms with Crippen molar-refractivity contribution in [3.05, 3.63) is 29.8 Å². The minimum Gasteiger partial charge on any atom is -0.399 e. The zero-order valence-corrected chi connectivity index (χ0v) is 12.9. The first-order chi connectivity index (χ1) is 8.97. The lowest BCUT2D eigenvalue weighted by Crippen LogP contribution is -2.35. The summed E-state index contributed by atoms with van der Waals surface area (Å²) in [5, 5.41) is 0. The van der Waals surface area contributed by atoms with Crippen molar-refractivity contribution in [3.63, 3.8) is 0 Å². The lowest BCUT2D eigenvalue weighted by Gasteiger charge is -2.25. The quantitative estimate of drug-likeness (QED) is 0.731. The highest BCUT2D eigenvalue weighted by Gasteiger charge is 2.08. The van der Waals surface area contributed by atoms with Crippen molar-refractivity contribution < 1.29 is 0 Å². The lowest BCUT2D eigenvalue weighted by molar-refractivity contribution is 0.221. The molecule has 0 bridgehead atoms. The first-order valence-corrected chi connectivity index (χ1v) is 7.19. The van der Waals surface area contributed by atoms with Crippen molar-refractivity contribution >= 4 is 5.69 Å². The van der Waals surface area contributed by atoms with Gasteiger partial charge in [-0.25, -0.2) is 0 Å². The molecule has 0 amide bonds. The van der Waals surface area contributed by atoms with Gasteiger partial charge in [-0.1, -0.05) is 26.0 Å². The largest absolute Gasteiger partial charge is 0.399 e. The Morgan fingerprint density at radius 2 is 1.63 bits per heavy atom. The molecule has 1 aromatic rings. The fraction of sp³-hybridized carbons (Fsp3) is 0.625. The molecule has 3 heteroatoms. The summed E-state index contributed by atoms with van der Waals surface area (Å²) < 4.78 is 0. The van der Waals surface area contributed by atoms with Gasteiger partial charge in [-0.15, -0.1) is 0 Å². The molecule has 0 unspecified atom stereocenters. The smallest absolute Gasteiger partial charge is 0.0314 e. The van der Waals surface area contributed by atoms with Crippen molar-refractivity contribution in [1.29, 1.82) is 0 Å². The Bertz CT molecular complexity index is 344. The number of nitrogens with two attached hydrogens (primary N) is 1.